The van der Waals surface area contributed by atoms with Gasteiger partial charge in [-0.3, -0.25) is 4.79 Å². The molecule has 5 rings (SSSR count). The van der Waals surface area contributed by atoms with E-state index in [0.29, 0.717) is 45.6 Å². The second-order valence-corrected chi connectivity index (χ2v) is 10.0. The minimum atomic E-state index is -0.0204. The number of halogens is 1. The predicted octanol–water partition coefficient (Wildman–Crippen LogP) is 4.80. The van der Waals surface area contributed by atoms with Crippen LogP contribution in [0.2, 0.25) is 5.02 Å². The summed E-state index contributed by atoms with van der Waals surface area (Å²) < 4.78 is 7.84. The number of rotatable bonds is 7. The van der Waals surface area contributed by atoms with E-state index in [2.05, 4.69) is 9.97 Å². The van der Waals surface area contributed by atoms with Crippen LogP contribution >= 0.6 is 11.6 Å². The molecule has 0 bridgehead atoms. The monoisotopic (exact) mass is 531 g/mol. The summed E-state index contributed by atoms with van der Waals surface area (Å²) in [6, 6.07) is 14.8. The molecule has 9 nitrogen and oxygen atoms in total. The molecule has 2 N–H and O–H groups in total. The molecule has 1 aliphatic heterocycles. The van der Waals surface area contributed by atoms with Crippen molar-refractivity contribution in [2.45, 2.75) is 18.9 Å². The Morgan fingerprint density at radius 3 is 2.55 bits per heavy atom. The topological polar surface area (TPSA) is 102 Å². The predicted molar refractivity (Wildman–Crippen MR) is 149 cm³/mol. The van der Waals surface area contributed by atoms with Crippen molar-refractivity contribution in [1.29, 1.82) is 0 Å². The number of benzene rings is 2. The number of amides is 1. The fourth-order valence-electron chi connectivity index (χ4n) is 4.60. The molecule has 3 heterocycles. The number of fused-ring (bicyclic) bond motifs is 1. The van der Waals surface area contributed by atoms with Crippen LogP contribution < -0.4 is 10.5 Å². The van der Waals surface area contributed by atoms with E-state index < -0.39 is 0 Å². The van der Waals surface area contributed by atoms with E-state index in [9.17, 15) is 4.79 Å². The molecule has 0 unspecified atom stereocenters. The second-order valence-electron chi connectivity index (χ2n) is 9.58. The largest absolute Gasteiger partial charge is 0.457 e. The van der Waals surface area contributed by atoms with Crippen LogP contribution in [0.15, 0.2) is 67.0 Å². The van der Waals surface area contributed by atoms with Crippen molar-refractivity contribution < 1.29 is 9.53 Å². The lowest BCUT2D eigenvalue weighted by Gasteiger charge is -2.32. The number of likely N-dealkylation sites (tertiary alicyclic amines) is 1. The number of aromatic nitrogens is 4. The highest BCUT2D eigenvalue weighted by Gasteiger charge is 2.28. The van der Waals surface area contributed by atoms with E-state index in [-0.39, 0.29) is 11.9 Å². The zero-order valence-corrected chi connectivity index (χ0v) is 22.2. The first-order valence-corrected chi connectivity index (χ1v) is 12.9. The Hall–Kier alpha value is -3.95. The van der Waals surface area contributed by atoms with E-state index >= 15 is 0 Å². The third-order valence-electron chi connectivity index (χ3n) is 6.48. The first-order valence-electron chi connectivity index (χ1n) is 12.5. The molecule has 0 radical (unpaired) electrons. The second kappa shape index (κ2) is 11.2. The lowest BCUT2D eigenvalue weighted by Crippen LogP contribution is -2.40. The molecular weight excluding hydrogens is 502 g/mol. The van der Waals surface area contributed by atoms with Crippen molar-refractivity contribution in [3.8, 4) is 22.8 Å². The standard InChI is InChI=1S/C28H30ClN7O2/c1-34(2)15-4-6-24(37)35-16-3-5-21(17-35)36-28-25(27(30)31-18-32-28)26(33-36)19-7-11-22(12-8-19)38-23-13-9-20(29)10-14-23/h4,6-14,18,21H,3,5,15-17H2,1-2H3,(H2,30,31,32)/b6-4+/t21-/m0/s1. The van der Waals surface area contributed by atoms with Crippen molar-refractivity contribution >= 4 is 34.4 Å². The maximum absolute atomic E-state index is 12.8. The minimum Gasteiger partial charge on any atom is -0.457 e. The zero-order chi connectivity index (χ0) is 26.6. The Kier molecular flexibility index (Phi) is 7.57. The summed E-state index contributed by atoms with van der Waals surface area (Å²) in [5, 5.41) is 6.32. The molecule has 1 saturated heterocycles. The lowest BCUT2D eigenvalue weighted by atomic mass is 10.1. The van der Waals surface area contributed by atoms with Crippen LogP contribution in [-0.2, 0) is 4.79 Å². The van der Waals surface area contributed by atoms with Crippen molar-refractivity contribution in [3.63, 3.8) is 0 Å². The van der Waals surface area contributed by atoms with E-state index in [1.807, 2.05) is 71.1 Å². The number of nitrogen functional groups attached to an aromatic ring is 1. The Labute approximate surface area is 226 Å². The van der Waals surface area contributed by atoms with Crippen LogP contribution in [0.5, 0.6) is 11.5 Å². The zero-order valence-electron chi connectivity index (χ0n) is 21.4. The fraction of sp³-hybridized carbons (Fsp3) is 0.286. The molecule has 196 valence electrons. The molecule has 0 saturated carbocycles. The molecule has 1 aliphatic rings. The van der Waals surface area contributed by atoms with Gasteiger partial charge in [0.15, 0.2) is 5.65 Å². The average molecular weight is 532 g/mol. The van der Waals surface area contributed by atoms with Crippen molar-refractivity contribution in [2.75, 3.05) is 39.5 Å². The van der Waals surface area contributed by atoms with E-state index in [1.54, 1.807) is 18.2 Å². The summed E-state index contributed by atoms with van der Waals surface area (Å²) in [5.41, 5.74) is 8.55. The minimum absolute atomic E-state index is 0.0126. The van der Waals surface area contributed by atoms with Crippen LogP contribution in [0, 0.1) is 0 Å². The Bertz CT molecular complexity index is 1450. The quantitative estimate of drug-likeness (QED) is 0.342. The first-order chi connectivity index (χ1) is 18.4. The van der Waals surface area contributed by atoms with Crippen molar-refractivity contribution in [1.82, 2.24) is 29.5 Å². The summed E-state index contributed by atoms with van der Waals surface area (Å²) >= 11 is 5.97. The van der Waals surface area contributed by atoms with Crippen molar-refractivity contribution in [2.24, 2.45) is 0 Å². The number of carbonyl (C=O) groups is 1. The average Bonchev–Trinajstić information content (AvgIpc) is 3.31. The summed E-state index contributed by atoms with van der Waals surface area (Å²) in [4.78, 5) is 25.5. The van der Waals surface area contributed by atoms with Crippen LogP contribution in [0.25, 0.3) is 22.3 Å². The van der Waals surface area contributed by atoms with Crippen LogP contribution in [-0.4, -0.2) is 69.2 Å². The van der Waals surface area contributed by atoms with E-state index in [0.717, 1.165) is 31.5 Å². The van der Waals surface area contributed by atoms with Gasteiger partial charge in [0.25, 0.3) is 0 Å². The molecule has 1 amide bonds. The van der Waals surface area contributed by atoms with Gasteiger partial charge < -0.3 is 20.3 Å². The number of anilines is 1. The molecule has 2 aromatic carbocycles. The third kappa shape index (κ3) is 5.64. The molecule has 4 aromatic rings. The van der Waals surface area contributed by atoms with Gasteiger partial charge in [-0.15, -0.1) is 0 Å². The van der Waals surface area contributed by atoms with Gasteiger partial charge in [0.1, 0.15) is 29.3 Å². The van der Waals surface area contributed by atoms with Gasteiger partial charge in [0.05, 0.1) is 11.4 Å². The maximum Gasteiger partial charge on any atom is 0.246 e. The van der Waals surface area contributed by atoms with Crippen LogP contribution in [0.1, 0.15) is 18.9 Å². The Balaban J connectivity index is 1.41. The summed E-state index contributed by atoms with van der Waals surface area (Å²) in [6.45, 7) is 1.99. The van der Waals surface area contributed by atoms with Gasteiger partial charge in [0.2, 0.25) is 5.91 Å². The van der Waals surface area contributed by atoms with Crippen molar-refractivity contribution in [3.05, 3.63) is 72.0 Å². The van der Waals surface area contributed by atoms with Gasteiger partial charge in [-0.05, 0) is 75.5 Å². The summed E-state index contributed by atoms with van der Waals surface area (Å²) in [5.74, 6) is 1.77. The highest BCUT2D eigenvalue weighted by molar-refractivity contribution is 6.30. The number of piperidine rings is 1. The number of hydrogen-bond donors (Lipinski definition) is 1. The molecule has 1 atom stereocenters. The lowest BCUT2D eigenvalue weighted by molar-refractivity contribution is -0.127. The van der Waals surface area contributed by atoms with E-state index in [1.165, 1.54) is 6.33 Å². The number of nitrogens with two attached hydrogens (primary N) is 1. The fourth-order valence-corrected chi connectivity index (χ4v) is 4.72. The number of hydrogen-bond acceptors (Lipinski definition) is 7. The molecule has 2 aromatic heterocycles. The normalized spacial score (nSPS) is 16.0. The van der Waals surface area contributed by atoms with Gasteiger partial charge in [-0.1, -0.05) is 17.7 Å². The SMILES string of the molecule is CN(C)C/C=C/C(=O)N1CCC[C@H](n2nc(-c3ccc(Oc4ccc(Cl)cc4)cc3)c3c(N)ncnc32)C1. The van der Waals surface area contributed by atoms with Gasteiger partial charge in [-0.2, -0.15) is 5.10 Å². The number of nitrogens with zero attached hydrogens (tertiary/aromatic N) is 6. The maximum atomic E-state index is 12.8. The molecule has 38 heavy (non-hydrogen) atoms. The third-order valence-corrected chi connectivity index (χ3v) is 6.73. The summed E-state index contributed by atoms with van der Waals surface area (Å²) in [7, 11) is 3.94. The summed E-state index contributed by atoms with van der Waals surface area (Å²) in [6.07, 6.45) is 6.77. The van der Waals surface area contributed by atoms with Gasteiger partial charge in [-0.25, -0.2) is 14.6 Å². The Morgan fingerprint density at radius 1 is 1.13 bits per heavy atom. The Morgan fingerprint density at radius 2 is 1.84 bits per heavy atom. The molecule has 0 spiro atoms. The number of ether oxygens (including phenoxy) is 1. The molecular formula is C28H30ClN7O2. The first kappa shape index (κ1) is 25.7. The highest BCUT2D eigenvalue weighted by atomic mass is 35.5. The number of likely N-dealkylation sites (N-methyl/N-ethyl adjacent to an activating group) is 1. The highest BCUT2D eigenvalue weighted by Crippen LogP contribution is 2.35. The number of carbonyl (C=O) groups excluding carboxylic acids is 1. The van der Waals surface area contributed by atoms with E-state index in [4.69, 9.17) is 27.2 Å². The van der Waals surface area contributed by atoms with Gasteiger partial charge in [0, 0.05) is 36.3 Å². The van der Waals surface area contributed by atoms with Crippen LogP contribution in [0.4, 0.5) is 5.82 Å². The molecule has 10 heteroatoms. The molecule has 0 aliphatic carbocycles. The molecule has 1 fully saturated rings. The van der Waals surface area contributed by atoms with Crippen LogP contribution in [0.3, 0.4) is 0 Å². The van der Waals surface area contributed by atoms with Gasteiger partial charge >= 0.3 is 0 Å². The smallest absolute Gasteiger partial charge is 0.246 e.